The quantitative estimate of drug-likeness (QED) is 0.851. The average molecular weight is 282 g/mol. The highest BCUT2D eigenvalue weighted by molar-refractivity contribution is 6.31. The van der Waals surface area contributed by atoms with Crippen molar-refractivity contribution in [2.45, 2.75) is 26.3 Å². The van der Waals surface area contributed by atoms with Gasteiger partial charge in [-0.25, -0.2) is 4.39 Å². The molecule has 0 aliphatic carbocycles. The van der Waals surface area contributed by atoms with Gasteiger partial charge in [0.15, 0.2) is 0 Å². The van der Waals surface area contributed by atoms with Gasteiger partial charge in [-0.2, -0.15) is 0 Å². The molecule has 0 bridgehead atoms. The number of furan rings is 1. The second kappa shape index (κ2) is 6.22. The van der Waals surface area contributed by atoms with Gasteiger partial charge in [-0.1, -0.05) is 25.4 Å². The van der Waals surface area contributed by atoms with Crippen molar-refractivity contribution in [2.24, 2.45) is 0 Å². The van der Waals surface area contributed by atoms with Gasteiger partial charge in [-0.15, -0.1) is 0 Å². The fourth-order valence-electron chi connectivity index (χ4n) is 2.04. The third-order valence-corrected chi connectivity index (χ3v) is 3.32. The van der Waals surface area contributed by atoms with Gasteiger partial charge >= 0.3 is 0 Å². The van der Waals surface area contributed by atoms with Crippen LogP contribution in [0.2, 0.25) is 5.02 Å². The summed E-state index contributed by atoms with van der Waals surface area (Å²) in [6, 6.07) is 8.63. The van der Waals surface area contributed by atoms with E-state index in [9.17, 15) is 4.39 Å². The van der Waals surface area contributed by atoms with E-state index in [1.54, 1.807) is 12.1 Å². The Morgan fingerprint density at radius 2 is 2.05 bits per heavy atom. The van der Waals surface area contributed by atoms with E-state index in [0.29, 0.717) is 5.76 Å². The van der Waals surface area contributed by atoms with Gasteiger partial charge in [0.2, 0.25) is 0 Å². The van der Waals surface area contributed by atoms with Crippen LogP contribution in [0.15, 0.2) is 34.7 Å². The van der Waals surface area contributed by atoms with Crippen LogP contribution in [0.3, 0.4) is 0 Å². The highest BCUT2D eigenvalue weighted by Crippen LogP contribution is 2.29. The van der Waals surface area contributed by atoms with Gasteiger partial charge in [-0.05, 0) is 43.3 Å². The van der Waals surface area contributed by atoms with Crippen molar-refractivity contribution in [3.63, 3.8) is 0 Å². The van der Waals surface area contributed by atoms with Crippen molar-refractivity contribution >= 4 is 11.6 Å². The zero-order valence-corrected chi connectivity index (χ0v) is 11.8. The summed E-state index contributed by atoms with van der Waals surface area (Å²) in [6.45, 7) is 5.05. The summed E-state index contributed by atoms with van der Waals surface area (Å²) in [7, 11) is 0. The zero-order chi connectivity index (χ0) is 13.8. The third-order valence-electron chi connectivity index (χ3n) is 3.03. The molecule has 0 saturated carbocycles. The maximum Gasteiger partial charge on any atom is 0.141 e. The van der Waals surface area contributed by atoms with Crippen molar-refractivity contribution in [3.8, 4) is 11.3 Å². The number of hydrogen-bond donors (Lipinski definition) is 1. The topological polar surface area (TPSA) is 25.2 Å². The van der Waals surface area contributed by atoms with Crippen molar-refractivity contribution in [1.82, 2.24) is 5.32 Å². The summed E-state index contributed by atoms with van der Waals surface area (Å²) < 4.78 is 19.0. The maximum absolute atomic E-state index is 13.1. The highest BCUT2D eigenvalue weighted by atomic mass is 35.5. The van der Waals surface area contributed by atoms with Gasteiger partial charge in [0.1, 0.15) is 17.3 Å². The van der Waals surface area contributed by atoms with Crippen LogP contribution in [0, 0.1) is 5.82 Å². The smallest absolute Gasteiger partial charge is 0.141 e. The Balaban J connectivity index is 2.27. The van der Waals surface area contributed by atoms with Crippen molar-refractivity contribution in [1.29, 1.82) is 0 Å². The molecule has 1 aromatic carbocycles. The van der Waals surface area contributed by atoms with Crippen LogP contribution in [0.4, 0.5) is 4.39 Å². The molecule has 0 aliphatic heterocycles. The summed E-state index contributed by atoms with van der Waals surface area (Å²) in [4.78, 5) is 0. The minimum atomic E-state index is -0.420. The van der Waals surface area contributed by atoms with Gasteiger partial charge < -0.3 is 9.73 Å². The standard InChI is InChI=1S/C15H17ClFNO/c1-3-13(18-4-2)15-8-7-14(19-15)10-5-6-12(17)11(16)9-10/h5-9,13,18H,3-4H2,1-2H3. The number of benzene rings is 1. The third kappa shape index (κ3) is 3.17. The lowest BCUT2D eigenvalue weighted by atomic mass is 10.1. The molecule has 0 spiro atoms. The van der Waals surface area contributed by atoms with E-state index >= 15 is 0 Å². The predicted molar refractivity (Wildman–Crippen MR) is 75.8 cm³/mol. The minimum Gasteiger partial charge on any atom is -0.459 e. The van der Waals surface area contributed by atoms with Crippen LogP contribution in [-0.4, -0.2) is 6.54 Å². The molecule has 1 aromatic heterocycles. The van der Waals surface area contributed by atoms with E-state index in [-0.39, 0.29) is 11.1 Å². The Hall–Kier alpha value is -1.32. The molecule has 1 heterocycles. The monoisotopic (exact) mass is 281 g/mol. The van der Waals surface area contributed by atoms with Crippen LogP contribution in [0.1, 0.15) is 32.1 Å². The van der Waals surface area contributed by atoms with Gasteiger partial charge in [0.25, 0.3) is 0 Å². The lowest BCUT2D eigenvalue weighted by molar-refractivity contribution is 0.417. The largest absolute Gasteiger partial charge is 0.459 e. The van der Waals surface area contributed by atoms with Crippen LogP contribution in [0.5, 0.6) is 0 Å². The molecule has 0 fully saturated rings. The summed E-state index contributed by atoms with van der Waals surface area (Å²) >= 11 is 5.78. The van der Waals surface area contributed by atoms with Crippen LogP contribution in [0.25, 0.3) is 11.3 Å². The fraction of sp³-hybridized carbons (Fsp3) is 0.333. The van der Waals surface area contributed by atoms with Crippen LogP contribution < -0.4 is 5.32 Å². The second-order valence-corrected chi connectivity index (χ2v) is 4.76. The molecule has 19 heavy (non-hydrogen) atoms. The molecule has 0 saturated heterocycles. The van der Waals surface area contributed by atoms with Gasteiger partial charge in [-0.3, -0.25) is 0 Å². The van der Waals surface area contributed by atoms with Crippen molar-refractivity contribution in [3.05, 3.63) is 46.9 Å². The summed E-state index contributed by atoms with van der Waals surface area (Å²) in [5, 5.41) is 3.46. The molecule has 102 valence electrons. The average Bonchev–Trinajstić information content (AvgIpc) is 2.88. The zero-order valence-electron chi connectivity index (χ0n) is 11.0. The van der Waals surface area contributed by atoms with Gasteiger partial charge in [0.05, 0.1) is 11.1 Å². The molecular weight excluding hydrogens is 265 g/mol. The van der Waals surface area contributed by atoms with E-state index in [0.717, 1.165) is 24.3 Å². The number of nitrogens with one attached hydrogen (secondary N) is 1. The highest BCUT2D eigenvalue weighted by Gasteiger charge is 2.13. The normalized spacial score (nSPS) is 12.6. The fourth-order valence-corrected chi connectivity index (χ4v) is 2.22. The Bertz CT molecular complexity index is 553. The maximum atomic E-state index is 13.1. The first-order valence-electron chi connectivity index (χ1n) is 6.44. The van der Waals surface area contributed by atoms with Crippen LogP contribution >= 0.6 is 11.6 Å². The summed E-state index contributed by atoms with van der Waals surface area (Å²) in [5.74, 6) is 1.17. The molecule has 1 unspecified atom stereocenters. The van der Waals surface area contributed by atoms with E-state index in [4.69, 9.17) is 16.0 Å². The Morgan fingerprint density at radius 3 is 2.68 bits per heavy atom. The lowest BCUT2D eigenvalue weighted by Gasteiger charge is -2.12. The molecule has 0 aliphatic rings. The van der Waals surface area contributed by atoms with E-state index in [2.05, 4.69) is 19.2 Å². The molecule has 0 amide bonds. The summed E-state index contributed by atoms with van der Waals surface area (Å²) in [6.07, 6.45) is 0.949. The lowest BCUT2D eigenvalue weighted by Crippen LogP contribution is -2.19. The van der Waals surface area contributed by atoms with Crippen molar-refractivity contribution in [2.75, 3.05) is 6.54 Å². The molecule has 4 heteroatoms. The Kier molecular flexibility index (Phi) is 4.61. The molecule has 2 nitrogen and oxygen atoms in total. The van der Waals surface area contributed by atoms with E-state index in [1.165, 1.54) is 6.07 Å². The Morgan fingerprint density at radius 1 is 1.26 bits per heavy atom. The van der Waals surface area contributed by atoms with Gasteiger partial charge in [0, 0.05) is 5.56 Å². The molecule has 1 atom stereocenters. The first-order chi connectivity index (χ1) is 9.15. The van der Waals surface area contributed by atoms with E-state index < -0.39 is 5.82 Å². The molecule has 2 rings (SSSR count). The summed E-state index contributed by atoms with van der Waals surface area (Å²) in [5.41, 5.74) is 0.781. The Labute approximate surface area is 117 Å². The predicted octanol–water partition coefficient (Wildman–Crippen LogP) is 4.80. The SMILES string of the molecule is CCNC(CC)c1ccc(-c2ccc(F)c(Cl)c2)o1. The number of hydrogen-bond acceptors (Lipinski definition) is 2. The van der Waals surface area contributed by atoms with Crippen LogP contribution in [-0.2, 0) is 0 Å². The van der Waals surface area contributed by atoms with E-state index in [1.807, 2.05) is 12.1 Å². The molecule has 1 N–H and O–H groups in total. The minimum absolute atomic E-state index is 0.106. The molecule has 2 aromatic rings. The number of halogens is 2. The second-order valence-electron chi connectivity index (χ2n) is 4.35. The molecular formula is C15H17ClFNO. The first-order valence-corrected chi connectivity index (χ1v) is 6.82. The molecule has 0 radical (unpaired) electrons. The number of rotatable bonds is 5. The first kappa shape index (κ1) is 14.1. The van der Waals surface area contributed by atoms with Crippen molar-refractivity contribution < 1.29 is 8.81 Å².